The summed E-state index contributed by atoms with van der Waals surface area (Å²) in [6.45, 7) is 2.03. The number of benzene rings is 2. The lowest BCUT2D eigenvalue weighted by molar-refractivity contribution is -0.161. The van der Waals surface area contributed by atoms with Gasteiger partial charge in [0.25, 0.3) is 15.9 Å². The minimum absolute atomic E-state index is 0.109. The van der Waals surface area contributed by atoms with E-state index >= 15 is 0 Å². The summed E-state index contributed by atoms with van der Waals surface area (Å²) in [6.07, 6.45) is 3.69. The van der Waals surface area contributed by atoms with Crippen molar-refractivity contribution < 1.29 is 18.0 Å². The molecule has 8 heteroatoms. The van der Waals surface area contributed by atoms with Gasteiger partial charge in [-0.15, -0.1) is 0 Å². The maximum absolute atomic E-state index is 13.7. The molecule has 1 N–H and O–H groups in total. The van der Waals surface area contributed by atoms with E-state index in [0.29, 0.717) is 31.4 Å². The van der Waals surface area contributed by atoms with Crippen LogP contribution in [-0.4, -0.2) is 37.2 Å². The Bertz CT molecular complexity index is 1180. The number of hydrogen-bond acceptors (Lipinski definition) is 5. The van der Waals surface area contributed by atoms with Crippen LogP contribution in [0.4, 0.5) is 0 Å². The molecule has 4 rings (SSSR count). The van der Waals surface area contributed by atoms with Crippen LogP contribution in [0.2, 0.25) is 0 Å². The molecular formula is C24H25N3O4S. The molecule has 0 radical (unpaired) electrons. The first kappa shape index (κ1) is 22.0. The molecule has 1 aliphatic carbocycles. The van der Waals surface area contributed by atoms with E-state index in [0.717, 1.165) is 18.4 Å². The van der Waals surface area contributed by atoms with E-state index in [1.807, 2.05) is 36.4 Å². The van der Waals surface area contributed by atoms with Gasteiger partial charge in [0.2, 0.25) is 5.91 Å². The molecule has 7 nitrogen and oxygen atoms in total. The standard InChI is InChI=1S/C24H25N3O4S/c1-23(21(28)26-32(30,31)20-11-9-18(17-25)10-12-20)15-16-27(23)22(29)24(13-5-6-14-24)19-7-3-2-4-8-19/h2-4,7-12H,5-6,13-16H2,1H3,(H,26,28). The summed E-state index contributed by atoms with van der Waals surface area (Å²) in [4.78, 5) is 28.3. The van der Waals surface area contributed by atoms with Crippen LogP contribution in [0.5, 0.6) is 0 Å². The summed E-state index contributed by atoms with van der Waals surface area (Å²) >= 11 is 0. The summed E-state index contributed by atoms with van der Waals surface area (Å²) in [5, 5.41) is 8.89. The molecule has 1 aliphatic heterocycles. The third kappa shape index (κ3) is 3.56. The molecule has 166 valence electrons. The number of nitrogens with zero attached hydrogens (tertiary/aromatic N) is 2. The molecule has 1 saturated carbocycles. The number of carbonyl (C=O) groups excluding carboxylic acids is 2. The van der Waals surface area contributed by atoms with Gasteiger partial charge in [-0.3, -0.25) is 9.59 Å². The average molecular weight is 452 g/mol. The van der Waals surface area contributed by atoms with Crippen molar-refractivity contribution in [2.24, 2.45) is 0 Å². The Morgan fingerprint density at radius 1 is 1.00 bits per heavy atom. The lowest BCUT2D eigenvalue weighted by Gasteiger charge is -2.52. The Kier molecular flexibility index (Phi) is 5.55. The van der Waals surface area contributed by atoms with Crippen molar-refractivity contribution in [3.05, 3.63) is 65.7 Å². The van der Waals surface area contributed by atoms with E-state index in [1.54, 1.807) is 6.92 Å². The van der Waals surface area contributed by atoms with Crippen LogP contribution in [0.25, 0.3) is 0 Å². The molecule has 0 spiro atoms. The fourth-order valence-electron chi connectivity index (χ4n) is 4.74. The number of hydrogen-bond donors (Lipinski definition) is 1. The van der Waals surface area contributed by atoms with Crippen LogP contribution in [0.15, 0.2) is 59.5 Å². The number of amides is 2. The van der Waals surface area contributed by atoms with Gasteiger partial charge >= 0.3 is 0 Å². The van der Waals surface area contributed by atoms with Crippen LogP contribution in [0, 0.1) is 11.3 Å². The quantitative estimate of drug-likeness (QED) is 0.752. The minimum Gasteiger partial charge on any atom is -0.327 e. The predicted molar refractivity (Wildman–Crippen MR) is 118 cm³/mol. The molecule has 1 heterocycles. The molecule has 2 fully saturated rings. The molecular weight excluding hydrogens is 426 g/mol. The van der Waals surface area contributed by atoms with E-state index in [4.69, 9.17) is 5.26 Å². The molecule has 32 heavy (non-hydrogen) atoms. The summed E-state index contributed by atoms with van der Waals surface area (Å²) in [5.41, 5.74) is -0.640. The average Bonchev–Trinajstić information content (AvgIpc) is 3.29. The van der Waals surface area contributed by atoms with Crippen LogP contribution in [0.3, 0.4) is 0 Å². The van der Waals surface area contributed by atoms with Gasteiger partial charge in [0, 0.05) is 6.54 Å². The van der Waals surface area contributed by atoms with Gasteiger partial charge in [-0.25, -0.2) is 13.1 Å². The Hall–Kier alpha value is -3.18. The molecule has 1 atom stereocenters. The molecule has 2 amide bonds. The van der Waals surface area contributed by atoms with Crippen LogP contribution in [0.1, 0.15) is 50.2 Å². The summed E-state index contributed by atoms with van der Waals surface area (Å²) < 4.78 is 27.6. The second-order valence-electron chi connectivity index (χ2n) is 8.71. The first-order valence-corrected chi connectivity index (χ1v) is 12.2. The van der Waals surface area contributed by atoms with Crippen molar-refractivity contribution in [2.45, 2.75) is 54.9 Å². The minimum atomic E-state index is -4.13. The van der Waals surface area contributed by atoms with Gasteiger partial charge in [0.05, 0.1) is 21.9 Å². The maximum Gasteiger partial charge on any atom is 0.264 e. The monoisotopic (exact) mass is 451 g/mol. The zero-order valence-corrected chi connectivity index (χ0v) is 18.7. The number of carbonyl (C=O) groups is 2. The largest absolute Gasteiger partial charge is 0.327 e. The summed E-state index contributed by atoms with van der Waals surface area (Å²) in [5.74, 6) is -0.830. The fraction of sp³-hybridized carbons (Fsp3) is 0.375. The summed E-state index contributed by atoms with van der Waals surface area (Å²) in [6, 6.07) is 16.9. The number of likely N-dealkylation sites (tertiary alicyclic amines) is 1. The van der Waals surface area contributed by atoms with Crippen LogP contribution in [-0.2, 0) is 25.0 Å². The topological polar surface area (TPSA) is 107 Å². The van der Waals surface area contributed by atoms with E-state index in [1.165, 1.54) is 29.2 Å². The molecule has 1 unspecified atom stereocenters. The normalized spacial score (nSPS) is 21.9. The molecule has 0 bridgehead atoms. The molecule has 2 aromatic carbocycles. The van der Waals surface area contributed by atoms with Crippen molar-refractivity contribution in [1.29, 1.82) is 5.26 Å². The predicted octanol–water partition coefficient (Wildman–Crippen LogP) is 2.87. The first-order chi connectivity index (χ1) is 15.2. The third-order valence-electron chi connectivity index (χ3n) is 6.87. The van der Waals surface area contributed by atoms with Crippen molar-refractivity contribution >= 4 is 21.8 Å². The molecule has 0 aromatic heterocycles. The highest BCUT2D eigenvalue weighted by Gasteiger charge is 2.56. The zero-order valence-electron chi connectivity index (χ0n) is 17.9. The van der Waals surface area contributed by atoms with Gasteiger partial charge < -0.3 is 4.90 Å². The fourth-order valence-corrected chi connectivity index (χ4v) is 5.82. The number of nitrogens with one attached hydrogen (secondary N) is 1. The second-order valence-corrected chi connectivity index (χ2v) is 10.4. The van der Waals surface area contributed by atoms with Crippen molar-refractivity contribution in [3.63, 3.8) is 0 Å². The van der Waals surface area contributed by atoms with Gasteiger partial charge in [-0.05, 0) is 56.0 Å². The Balaban J connectivity index is 1.57. The van der Waals surface area contributed by atoms with Gasteiger partial charge in [-0.2, -0.15) is 5.26 Å². The maximum atomic E-state index is 13.7. The highest BCUT2D eigenvalue weighted by Crippen LogP contribution is 2.46. The van der Waals surface area contributed by atoms with Crippen molar-refractivity contribution in [2.75, 3.05) is 6.54 Å². The molecule has 2 aliphatic rings. The number of nitriles is 1. The Morgan fingerprint density at radius 3 is 2.16 bits per heavy atom. The van der Waals surface area contributed by atoms with Gasteiger partial charge in [-0.1, -0.05) is 43.2 Å². The van der Waals surface area contributed by atoms with E-state index in [-0.39, 0.29) is 10.8 Å². The first-order valence-electron chi connectivity index (χ1n) is 10.7. The van der Waals surface area contributed by atoms with Crippen LogP contribution >= 0.6 is 0 Å². The van der Waals surface area contributed by atoms with Gasteiger partial charge in [0.1, 0.15) is 5.54 Å². The number of rotatable bonds is 5. The van der Waals surface area contributed by atoms with E-state index in [2.05, 4.69) is 4.72 Å². The lowest BCUT2D eigenvalue weighted by atomic mass is 9.74. The highest BCUT2D eigenvalue weighted by atomic mass is 32.2. The van der Waals surface area contributed by atoms with E-state index < -0.39 is 26.9 Å². The Morgan fingerprint density at radius 2 is 1.62 bits per heavy atom. The second kappa shape index (κ2) is 8.06. The third-order valence-corrected chi connectivity index (χ3v) is 8.21. The Labute approximate surface area is 188 Å². The molecule has 1 saturated heterocycles. The highest BCUT2D eigenvalue weighted by molar-refractivity contribution is 7.90. The van der Waals surface area contributed by atoms with Crippen molar-refractivity contribution in [3.8, 4) is 6.07 Å². The molecule has 2 aromatic rings. The summed E-state index contributed by atoms with van der Waals surface area (Å²) in [7, 11) is -4.13. The van der Waals surface area contributed by atoms with Crippen LogP contribution < -0.4 is 4.72 Å². The smallest absolute Gasteiger partial charge is 0.264 e. The zero-order chi connectivity index (χ0) is 23.0. The SMILES string of the molecule is CC1(C(=O)NS(=O)(=O)c2ccc(C#N)cc2)CCN1C(=O)C1(c2ccccc2)CCCC1. The lowest BCUT2D eigenvalue weighted by Crippen LogP contribution is -2.70. The number of sulfonamides is 1. The van der Waals surface area contributed by atoms with Crippen molar-refractivity contribution in [1.82, 2.24) is 9.62 Å². The van der Waals surface area contributed by atoms with Gasteiger partial charge in [0.15, 0.2) is 0 Å². The van der Waals surface area contributed by atoms with E-state index in [9.17, 15) is 18.0 Å².